The summed E-state index contributed by atoms with van der Waals surface area (Å²) in [5.41, 5.74) is -0.861. The number of nitrogens with one attached hydrogen (secondary N) is 3. The summed E-state index contributed by atoms with van der Waals surface area (Å²) >= 11 is 0. The number of halogens is 6. The van der Waals surface area contributed by atoms with Crippen molar-refractivity contribution in [1.29, 1.82) is 0 Å². The van der Waals surface area contributed by atoms with Gasteiger partial charge in [-0.15, -0.1) is 0 Å². The lowest BCUT2D eigenvalue weighted by atomic mass is 9.93. The van der Waals surface area contributed by atoms with Crippen molar-refractivity contribution in [3.63, 3.8) is 0 Å². The number of hydrogen-bond donors (Lipinski definition) is 3. The first kappa shape index (κ1) is 31.3. The summed E-state index contributed by atoms with van der Waals surface area (Å²) in [6, 6.07) is 7.94. The van der Waals surface area contributed by atoms with Gasteiger partial charge < -0.3 is 25.2 Å². The summed E-state index contributed by atoms with van der Waals surface area (Å²) in [5, 5.41) is 20.4. The summed E-state index contributed by atoms with van der Waals surface area (Å²) < 4.78 is 88.6. The lowest BCUT2D eigenvalue weighted by Gasteiger charge is -2.41. The molecular weight excluding hydrogens is 576 g/mol. The zero-order chi connectivity index (χ0) is 31.1. The largest absolute Gasteiger partial charge is 0.628 e. The number of benzene rings is 2. The van der Waals surface area contributed by atoms with E-state index in [1.807, 2.05) is 33.2 Å². The van der Waals surface area contributed by atoms with Gasteiger partial charge in [-0.1, -0.05) is 18.2 Å². The molecule has 43 heavy (non-hydrogen) atoms. The highest BCUT2D eigenvalue weighted by Crippen LogP contribution is 2.37. The van der Waals surface area contributed by atoms with Gasteiger partial charge in [-0.25, -0.2) is 0 Å². The van der Waals surface area contributed by atoms with E-state index in [1.54, 1.807) is 18.2 Å². The monoisotopic (exact) mass is 611 g/mol. The van der Waals surface area contributed by atoms with Crippen molar-refractivity contribution in [2.45, 2.75) is 50.4 Å². The summed E-state index contributed by atoms with van der Waals surface area (Å²) in [6.07, 6.45) is -8.35. The van der Waals surface area contributed by atoms with Gasteiger partial charge in [0.05, 0.1) is 23.4 Å². The predicted octanol–water partition coefficient (Wildman–Crippen LogP) is 3.72. The van der Waals surface area contributed by atoms with Crippen LogP contribution in [0.2, 0.25) is 0 Å². The van der Waals surface area contributed by atoms with Crippen LogP contribution in [-0.2, 0) is 23.5 Å². The second-order valence-electron chi connectivity index (χ2n) is 11.5. The number of alkyl halides is 6. The minimum atomic E-state index is -5.00. The van der Waals surface area contributed by atoms with Crippen LogP contribution < -0.4 is 15.7 Å². The summed E-state index contributed by atoms with van der Waals surface area (Å²) in [7, 11) is 4.01. The number of likely N-dealkylation sites (N-methyl/N-ethyl adjacent to an activating group) is 1. The second kappa shape index (κ2) is 12.1. The number of likely N-dealkylation sites (tertiary alicyclic amines) is 1. The van der Waals surface area contributed by atoms with Crippen molar-refractivity contribution >= 4 is 5.70 Å². The first-order valence-electron chi connectivity index (χ1n) is 14.1. The Hall–Kier alpha value is -3.10. The quantitative estimate of drug-likeness (QED) is 0.354. The molecule has 13 heteroatoms. The molecule has 2 aromatic carbocycles. The zero-order valence-corrected chi connectivity index (χ0v) is 24.1. The highest BCUT2D eigenvalue weighted by Gasteiger charge is 2.40. The average Bonchev–Trinajstić information content (AvgIpc) is 3.44. The number of rotatable bonds is 5. The van der Waals surface area contributed by atoms with Gasteiger partial charge in [0.25, 0.3) is 0 Å². The van der Waals surface area contributed by atoms with Crippen molar-refractivity contribution in [2.24, 2.45) is 0 Å². The Balaban J connectivity index is 1.62. The van der Waals surface area contributed by atoms with E-state index in [0.717, 1.165) is 12.0 Å². The molecule has 3 heterocycles. The Morgan fingerprint density at radius 2 is 1.72 bits per heavy atom. The third-order valence-electron chi connectivity index (χ3n) is 8.34. The Labute approximate surface area is 246 Å². The van der Waals surface area contributed by atoms with Gasteiger partial charge in [0.15, 0.2) is 12.1 Å². The van der Waals surface area contributed by atoms with Crippen LogP contribution in [0.4, 0.5) is 26.3 Å². The lowest BCUT2D eigenvalue weighted by Crippen LogP contribution is -3.09. The van der Waals surface area contributed by atoms with Gasteiger partial charge >= 0.3 is 12.4 Å². The van der Waals surface area contributed by atoms with Crippen molar-refractivity contribution in [2.75, 3.05) is 40.4 Å². The third kappa shape index (κ3) is 6.86. The minimum absolute atomic E-state index is 0.0985. The SMILES string of the molecule is Cc1ccccc1/C1=C/C(N2CCC(N(C)C)C2)OC2=C(CNCN2)C(Cc2cc(C(F)(F)F)cc(C(F)(F)F)c2)[NH+]1[O-]. The van der Waals surface area contributed by atoms with Crippen LogP contribution in [0.15, 0.2) is 60.0 Å². The molecule has 0 aliphatic carbocycles. The summed E-state index contributed by atoms with van der Waals surface area (Å²) in [6.45, 7) is 3.76. The van der Waals surface area contributed by atoms with Gasteiger partial charge in [0.1, 0.15) is 11.7 Å². The molecule has 1 saturated heterocycles. The van der Waals surface area contributed by atoms with Crippen molar-refractivity contribution < 1.29 is 36.1 Å². The zero-order valence-electron chi connectivity index (χ0n) is 24.1. The molecule has 0 radical (unpaired) electrons. The van der Waals surface area contributed by atoms with Crippen LogP contribution in [0.3, 0.4) is 0 Å². The highest BCUT2D eigenvalue weighted by molar-refractivity contribution is 5.62. The standard InChI is InChI=1S/C30H35F6N5O2/c1-18-6-4-5-7-23(18)26-14-27(40-9-8-22(16-40)39(2)3)43-28-24(15-37-17-38-28)25(41(26)42)12-19-10-20(29(31,32)33)13-21(11-19)30(34,35)36/h4-7,10-11,13-14,22,25,27,37-38,41H,8-9,12,15-17H2,1-3H3/b26-14-. The molecule has 3 N–H and O–H groups in total. The maximum Gasteiger partial charge on any atom is 0.416 e. The van der Waals surface area contributed by atoms with Gasteiger partial charge in [0, 0.05) is 43.7 Å². The molecule has 7 nitrogen and oxygen atoms in total. The first-order valence-corrected chi connectivity index (χ1v) is 14.1. The molecule has 1 fully saturated rings. The van der Waals surface area contributed by atoms with Crippen LogP contribution in [-0.4, -0.2) is 68.5 Å². The van der Waals surface area contributed by atoms with Gasteiger partial charge in [-0.3, -0.25) is 10.2 Å². The Morgan fingerprint density at radius 1 is 1.05 bits per heavy atom. The van der Waals surface area contributed by atoms with E-state index in [1.165, 1.54) is 0 Å². The molecule has 0 amide bonds. The fraction of sp³-hybridized carbons (Fsp3) is 0.467. The van der Waals surface area contributed by atoms with Crippen molar-refractivity contribution in [3.05, 3.63) is 93.0 Å². The fourth-order valence-electron chi connectivity index (χ4n) is 5.95. The molecule has 0 aromatic heterocycles. The first-order chi connectivity index (χ1) is 20.2. The van der Waals surface area contributed by atoms with E-state index in [-0.39, 0.29) is 30.6 Å². The number of ether oxygens (including phenoxy) is 1. The molecule has 4 atom stereocenters. The van der Waals surface area contributed by atoms with Crippen LogP contribution in [0.25, 0.3) is 5.70 Å². The normalized spacial score (nSPS) is 26.7. The second-order valence-corrected chi connectivity index (χ2v) is 11.5. The van der Waals surface area contributed by atoms with Gasteiger partial charge in [-0.2, -0.15) is 26.3 Å². The molecule has 0 saturated carbocycles. The van der Waals surface area contributed by atoms with Crippen LogP contribution in [0.1, 0.15) is 34.2 Å². The topological polar surface area (TPSA) is 67.3 Å². The van der Waals surface area contributed by atoms with E-state index in [4.69, 9.17) is 4.74 Å². The fourth-order valence-corrected chi connectivity index (χ4v) is 5.95. The maximum atomic E-state index is 14.5. The van der Waals surface area contributed by atoms with E-state index >= 15 is 0 Å². The lowest BCUT2D eigenvalue weighted by molar-refractivity contribution is -0.793. The van der Waals surface area contributed by atoms with Gasteiger partial charge in [-0.05, 0) is 62.8 Å². The number of hydroxylamine groups is 2. The molecular formula is C30H35F6N5O2. The molecule has 234 valence electrons. The highest BCUT2D eigenvalue weighted by atomic mass is 19.4. The Morgan fingerprint density at radius 3 is 2.33 bits per heavy atom. The van der Waals surface area contributed by atoms with Crippen LogP contribution in [0, 0.1) is 12.1 Å². The molecule has 5 rings (SSSR count). The number of hydrogen-bond acceptors (Lipinski definition) is 6. The smallest absolute Gasteiger partial charge is 0.416 e. The summed E-state index contributed by atoms with van der Waals surface area (Å²) in [5.74, 6) is 0.318. The van der Waals surface area contributed by atoms with E-state index in [0.29, 0.717) is 54.6 Å². The molecule has 0 bridgehead atoms. The number of aryl methyl sites for hydroxylation is 1. The van der Waals surface area contributed by atoms with E-state index < -0.39 is 40.8 Å². The van der Waals surface area contributed by atoms with Crippen LogP contribution in [0.5, 0.6) is 0 Å². The number of nitrogens with zero attached hydrogens (tertiary/aromatic N) is 2. The molecule has 3 aliphatic rings. The molecule has 4 unspecified atom stereocenters. The maximum absolute atomic E-state index is 14.5. The van der Waals surface area contributed by atoms with Crippen molar-refractivity contribution in [3.8, 4) is 0 Å². The van der Waals surface area contributed by atoms with Crippen molar-refractivity contribution in [1.82, 2.24) is 20.4 Å². The number of quaternary nitrogens is 1. The Bertz CT molecular complexity index is 1360. The van der Waals surface area contributed by atoms with Gasteiger partial charge in [0.2, 0.25) is 0 Å². The Kier molecular flexibility index (Phi) is 8.83. The predicted molar refractivity (Wildman–Crippen MR) is 149 cm³/mol. The summed E-state index contributed by atoms with van der Waals surface area (Å²) in [4.78, 5) is 4.26. The molecule has 0 spiro atoms. The van der Waals surface area contributed by atoms with E-state index in [2.05, 4.69) is 20.4 Å². The van der Waals surface area contributed by atoms with Crippen LogP contribution >= 0.6 is 0 Å². The third-order valence-corrected chi connectivity index (χ3v) is 8.34. The molecule has 2 aromatic rings. The minimum Gasteiger partial charge on any atom is -0.628 e. The molecule has 3 aliphatic heterocycles. The van der Waals surface area contributed by atoms with E-state index in [9.17, 15) is 31.5 Å². The average molecular weight is 612 g/mol.